The molecule has 17 heavy (non-hydrogen) atoms. The van der Waals surface area contributed by atoms with E-state index in [0.29, 0.717) is 21.5 Å². The Morgan fingerprint density at radius 2 is 1.18 bits per heavy atom. The summed E-state index contributed by atoms with van der Waals surface area (Å²) >= 11 is 4.91. The molecule has 0 fully saturated rings. The average Bonchev–Trinajstić information content (AvgIpc) is 2.10. The van der Waals surface area contributed by atoms with Gasteiger partial charge in [0.05, 0.1) is 0 Å². The molecule has 0 amide bonds. The van der Waals surface area contributed by atoms with Crippen LogP contribution in [0.2, 0.25) is 0 Å². The van der Waals surface area contributed by atoms with E-state index in [1.165, 1.54) is 25.7 Å². The molecular formula is C16H34S. The van der Waals surface area contributed by atoms with Crippen LogP contribution in [0, 0.1) is 16.2 Å². The van der Waals surface area contributed by atoms with Crippen molar-refractivity contribution in [1.82, 2.24) is 0 Å². The monoisotopic (exact) mass is 258 g/mol. The van der Waals surface area contributed by atoms with Crippen LogP contribution in [0.4, 0.5) is 0 Å². The van der Waals surface area contributed by atoms with E-state index in [4.69, 9.17) is 12.6 Å². The first-order valence-corrected chi connectivity index (χ1v) is 7.65. The summed E-state index contributed by atoms with van der Waals surface area (Å²) in [6, 6.07) is 0. The highest BCUT2D eigenvalue weighted by Gasteiger charge is 2.40. The lowest BCUT2D eigenvalue weighted by molar-refractivity contribution is 0.0958. The van der Waals surface area contributed by atoms with Gasteiger partial charge in [0.15, 0.2) is 0 Å². The molecule has 0 aliphatic rings. The molecule has 0 spiro atoms. The molecule has 0 aromatic heterocycles. The first kappa shape index (κ1) is 17.4. The molecule has 0 saturated carbocycles. The van der Waals surface area contributed by atoms with Gasteiger partial charge in [-0.3, -0.25) is 0 Å². The zero-order valence-corrected chi connectivity index (χ0v) is 14.2. The molecule has 0 radical (unpaired) electrons. The Kier molecular flexibility index (Phi) is 6.12. The normalized spacial score (nSPS) is 16.1. The fourth-order valence-corrected chi connectivity index (χ4v) is 3.69. The van der Waals surface area contributed by atoms with Gasteiger partial charge in [-0.1, -0.05) is 55.4 Å². The molecule has 0 bridgehead atoms. The lowest BCUT2D eigenvalue weighted by atomic mass is 9.63. The van der Waals surface area contributed by atoms with Crippen LogP contribution < -0.4 is 0 Å². The Morgan fingerprint density at radius 3 is 1.35 bits per heavy atom. The Labute approximate surface area is 115 Å². The third-order valence-electron chi connectivity index (χ3n) is 3.56. The van der Waals surface area contributed by atoms with Crippen LogP contribution in [-0.4, -0.2) is 5.25 Å². The fraction of sp³-hybridized carbons (Fsp3) is 1.00. The second kappa shape index (κ2) is 5.99. The predicted octanol–water partition coefficient (Wildman–Crippen LogP) is 5.96. The summed E-state index contributed by atoms with van der Waals surface area (Å²) in [7, 11) is 0. The Bertz CT molecular complexity index is 201. The maximum Gasteiger partial charge on any atom is 0.00709 e. The molecule has 0 aromatic rings. The minimum atomic E-state index is 0.383. The van der Waals surface area contributed by atoms with Crippen molar-refractivity contribution < 1.29 is 0 Å². The van der Waals surface area contributed by atoms with E-state index in [0.717, 1.165) is 0 Å². The van der Waals surface area contributed by atoms with E-state index in [1.807, 2.05) is 0 Å². The maximum atomic E-state index is 4.91. The lowest BCUT2D eigenvalue weighted by Crippen LogP contribution is -2.38. The second-order valence-electron chi connectivity index (χ2n) is 8.11. The van der Waals surface area contributed by atoms with Gasteiger partial charge in [0.25, 0.3) is 0 Å². The van der Waals surface area contributed by atoms with Crippen LogP contribution in [-0.2, 0) is 0 Å². The van der Waals surface area contributed by atoms with E-state index in [-0.39, 0.29) is 0 Å². The molecule has 0 heterocycles. The molecule has 0 aliphatic heterocycles. The summed E-state index contributed by atoms with van der Waals surface area (Å²) in [6.45, 7) is 18.8. The van der Waals surface area contributed by atoms with Crippen molar-refractivity contribution in [2.75, 3.05) is 0 Å². The zero-order valence-electron chi connectivity index (χ0n) is 13.4. The Hall–Kier alpha value is 0.350. The fourth-order valence-electron chi connectivity index (χ4n) is 3.33. The van der Waals surface area contributed by atoms with Gasteiger partial charge in [0, 0.05) is 5.25 Å². The van der Waals surface area contributed by atoms with Crippen LogP contribution in [0.1, 0.15) is 81.1 Å². The molecule has 0 nitrogen and oxygen atoms in total. The minimum Gasteiger partial charge on any atom is -0.175 e. The van der Waals surface area contributed by atoms with E-state index in [1.54, 1.807) is 0 Å². The lowest BCUT2D eigenvalue weighted by Gasteiger charge is -2.46. The molecule has 1 heteroatoms. The minimum absolute atomic E-state index is 0.383. The molecule has 0 saturated heterocycles. The van der Waals surface area contributed by atoms with Gasteiger partial charge in [-0.15, -0.1) is 0 Å². The summed E-state index contributed by atoms with van der Waals surface area (Å²) in [4.78, 5) is 0. The molecular weight excluding hydrogens is 224 g/mol. The quantitative estimate of drug-likeness (QED) is 0.578. The van der Waals surface area contributed by atoms with E-state index in [9.17, 15) is 0 Å². The first-order chi connectivity index (χ1) is 7.46. The van der Waals surface area contributed by atoms with Gasteiger partial charge in [-0.25, -0.2) is 0 Å². The molecule has 0 aliphatic carbocycles. The van der Waals surface area contributed by atoms with Crippen LogP contribution in [0.3, 0.4) is 0 Å². The van der Waals surface area contributed by atoms with Gasteiger partial charge in [0.2, 0.25) is 0 Å². The molecule has 104 valence electrons. The molecule has 0 aromatic carbocycles. The average molecular weight is 259 g/mol. The zero-order chi connectivity index (χ0) is 13.9. The van der Waals surface area contributed by atoms with Crippen molar-refractivity contribution in [2.45, 2.75) is 86.3 Å². The maximum absolute atomic E-state index is 4.91. The first-order valence-electron chi connectivity index (χ1n) is 7.14. The van der Waals surface area contributed by atoms with Crippen molar-refractivity contribution in [3.05, 3.63) is 0 Å². The van der Waals surface area contributed by atoms with Gasteiger partial charge in [-0.2, -0.15) is 12.6 Å². The number of hydrogen-bond acceptors (Lipinski definition) is 1. The highest BCUT2D eigenvalue weighted by molar-refractivity contribution is 7.81. The Balaban J connectivity index is 5.15. The molecule has 1 unspecified atom stereocenters. The van der Waals surface area contributed by atoms with E-state index >= 15 is 0 Å². The highest BCUT2D eigenvalue weighted by Crippen LogP contribution is 2.49. The van der Waals surface area contributed by atoms with E-state index < -0.39 is 0 Å². The largest absolute Gasteiger partial charge is 0.175 e. The number of hydrogen-bond donors (Lipinski definition) is 1. The second-order valence-corrected chi connectivity index (χ2v) is 8.74. The van der Waals surface area contributed by atoms with Crippen molar-refractivity contribution in [3.63, 3.8) is 0 Å². The topological polar surface area (TPSA) is 0 Å². The number of thiol groups is 1. The van der Waals surface area contributed by atoms with Crippen molar-refractivity contribution >= 4 is 12.6 Å². The van der Waals surface area contributed by atoms with Crippen LogP contribution >= 0.6 is 12.6 Å². The van der Waals surface area contributed by atoms with Crippen LogP contribution in [0.15, 0.2) is 0 Å². The van der Waals surface area contributed by atoms with Crippen LogP contribution in [0.25, 0.3) is 0 Å². The third kappa shape index (κ3) is 6.18. The van der Waals surface area contributed by atoms with Gasteiger partial charge in [0.1, 0.15) is 0 Å². The molecule has 0 N–H and O–H groups in total. The summed E-state index contributed by atoms with van der Waals surface area (Å²) in [5.74, 6) is 0. The predicted molar refractivity (Wildman–Crippen MR) is 83.9 cm³/mol. The van der Waals surface area contributed by atoms with Gasteiger partial charge < -0.3 is 0 Å². The number of rotatable bonds is 5. The van der Waals surface area contributed by atoms with E-state index in [2.05, 4.69) is 55.4 Å². The van der Waals surface area contributed by atoms with Gasteiger partial charge in [-0.05, 0) is 41.9 Å². The standard InChI is InChI=1S/C16H34S/c1-9-13(17)16(10-2,11-14(3,4)5)12-15(6,7)8/h13,17H,9-12H2,1-8H3. The summed E-state index contributed by atoms with van der Waals surface area (Å²) in [6.07, 6.45) is 4.96. The SMILES string of the molecule is CCC(S)C(CC)(CC(C)(C)C)CC(C)(C)C. The highest BCUT2D eigenvalue weighted by atomic mass is 32.1. The van der Waals surface area contributed by atoms with Crippen molar-refractivity contribution in [3.8, 4) is 0 Å². The van der Waals surface area contributed by atoms with Crippen LogP contribution in [0.5, 0.6) is 0 Å². The summed E-state index contributed by atoms with van der Waals surface area (Å²) in [5.41, 5.74) is 1.16. The van der Waals surface area contributed by atoms with Gasteiger partial charge >= 0.3 is 0 Å². The summed E-state index contributed by atoms with van der Waals surface area (Å²) < 4.78 is 0. The Morgan fingerprint density at radius 1 is 0.824 bits per heavy atom. The molecule has 1 atom stereocenters. The third-order valence-corrected chi connectivity index (χ3v) is 4.48. The summed E-state index contributed by atoms with van der Waals surface area (Å²) in [5, 5.41) is 0.519. The van der Waals surface area contributed by atoms with Crippen molar-refractivity contribution in [1.29, 1.82) is 0 Å². The molecule has 0 rings (SSSR count). The van der Waals surface area contributed by atoms with Crippen molar-refractivity contribution in [2.24, 2.45) is 16.2 Å². The smallest absolute Gasteiger partial charge is 0.00709 e.